The molecular weight excluding hydrogens is 316 g/mol. The Kier molecular flexibility index (Phi) is 7.63. The maximum absolute atomic E-state index is 13.3. The lowest BCUT2D eigenvalue weighted by Gasteiger charge is -2.06. The van der Waals surface area contributed by atoms with E-state index in [1.807, 2.05) is 0 Å². The number of unbranched alkanes of at least 4 members (excludes halogenated alkanes) is 3. The van der Waals surface area contributed by atoms with Crippen molar-refractivity contribution < 1.29 is 13.6 Å². The monoisotopic (exact) mass is 333 g/mol. The van der Waals surface area contributed by atoms with E-state index in [9.17, 15) is 13.6 Å². The summed E-state index contributed by atoms with van der Waals surface area (Å²) in [6.45, 7) is 0.581. The molecule has 106 valence electrons. The molecule has 1 aromatic rings. The number of halogens is 3. The lowest BCUT2D eigenvalue weighted by molar-refractivity contribution is -0.120. The van der Waals surface area contributed by atoms with Crippen molar-refractivity contribution in [1.29, 1.82) is 0 Å². The number of carbonyl (C=O) groups is 1. The Morgan fingerprint density at radius 1 is 1.16 bits per heavy atom. The second kappa shape index (κ2) is 9.02. The predicted octanol–water partition coefficient (Wildman–Crippen LogP) is 3.58. The quantitative estimate of drug-likeness (QED) is 0.571. The smallest absolute Gasteiger partial charge is 0.224 e. The third-order valence-electron chi connectivity index (χ3n) is 2.77. The van der Waals surface area contributed by atoms with Gasteiger partial charge in [0.05, 0.1) is 6.42 Å². The van der Waals surface area contributed by atoms with Crippen LogP contribution in [0.5, 0.6) is 0 Å². The fourth-order valence-electron chi connectivity index (χ4n) is 1.72. The largest absolute Gasteiger partial charge is 0.356 e. The van der Waals surface area contributed by atoms with Crippen LogP contribution in [-0.2, 0) is 11.2 Å². The van der Waals surface area contributed by atoms with Crippen molar-refractivity contribution >= 4 is 21.8 Å². The first-order chi connectivity index (χ1) is 9.15. The molecule has 0 radical (unpaired) electrons. The van der Waals surface area contributed by atoms with Gasteiger partial charge in [0, 0.05) is 17.4 Å². The van der Waals surface area contributed by atoms with E-state index >= 15 is 0 Å². The van der Waals surface area contributed by atoms with Crippen molar-refractivity contribution in [2.45, 2.75) is 32.1 Å². The van der Waals surface area contributed by atoms with Crippen molar-refractivity contribution in [3.63, 3.8) is 0 Å². The molecule has 1 rings (SSSR count). The first-order valence-electron chi connectivity index (χ1n) is 6.40. The van der Waals surface area contributed by atoms with Crippen LogP contribution in [-0.4, -0.2) is 17.8 Å². The van der Waals surface area contributed by atoms with Crippen LogP contribution in [0.3, 0.4) is 0 Å². The van der Waals surface area contributed by atoms with Crippen molar-refractivity contribution in [1.82, 2.24) is 5.32 Å². The normalized spacial score (nSPS) is 10.5. The summed E-state index contributed by atoms with van der Waals surface area (Å²) >= 11 is 3.36. The molecule has 0 spiro atoms. The van der Waals surface area contributed by atoms with Crippen LogP contribution >= 0.6 is 15.9 Å². The van der Waals surface area contributed by atoms with Crippen molar-refractivity contribution in [2.75, 3.05) is 11.9 Å². The Morgan fingerprint density at radius 3 is 2.63 bits per heavy atom. The Morgan fingerprint density at radius 2 is 1.89 bits per heavy atom. The molecule has 1 amide bonds. The molecule has 0 bridgehead atoms. The Balaban J connectivity index is 2.26. The maximum Gasteiger partial charge on any atom is 0.224 e. The molecule has 0 unspecified atom stereocenters. The van der Waals surface area contributed by atoms with Gasteiger partial charge in [-0.15, -0.1) is 0 Å². The van der Waals surface area contributed by atoms with E-state index in [1.54, 1.807) is 0 Å². The van der Waals surface area contributed by atoms with Gasteiger partial charge in [-0.05, 0) is 18.9 Å². The van der Waals surface area contributed by atoms with E-state index in [2.05, 4.69) is 21.2 Å². The van der Waals surface area contributed by atoms with Crippen LogP contribution < -0.4 is 5.32 Å². The molecular formula is C14H18BrF2NO. The zero-order valence-electron chi connectivity index (χ0n) is 10.7. The van der Waals surface area contributed by atoms with Gasteiger partial charge in [0.25, 0.3) is 0 Å². The second-order valence-corrected chi connectivity index (χ2v) is 5.14. The summed E-state index contributed by atoms with van der Waals surface area (Å²) in [4.78, 5) is 11.6. The molecule has 1 aromatic carbocycles. The van der Waals surface area contributed by atoms with E-state index in [1.165, 1.54) is 12.1 Å². The number of amides is 1. The summed E-state index contributed by atoms with van der Waals surface area (Å²) in [6.07, 6.45) is 4.09. The maximum atomic E-state index is 13.3. The number of nitrogens with one attached hydrogen (secondary N) is 1. The lowest BCUT2D eigenvalue weighted by Crippen LogP contribution is -2.26. The molecule has 19 heavy (non-hydrogen) atoms. The molecule has 0 atom stereocenters. The Labute approximate surface area is 120 Å². The number of benzene rings is 1. The summed E-state index contributed by atoms with van der Waals surface area (Å²) in [6, 6.07) is 3.87. The highest BCUT2D eigenvalue weighted by Gasteiger charge is 2.10. The summed E-state index contributed by atoms with van der Waals surface area (Å²) in [5.74, 6) is -2.12. The first kappa shape index (κ1) is 16.1. The predicted molar refractivity (Wildman–Crippen MR) is 75.3 cm³/mol. The van der Waals surface area contributed by atoms with E-state index < -0.39 is 11.6 Å². The zero-order chi connectivity index (χ0) is 14.1. The van der Waals surface area contributed by atoms with Crippen LogP contribution in [0, 0.1) is 11.6 Å². The molecule has 0 aliphatic carbocycles. The minimum absolute atomic E-state index is 0.0942. The fourth-order valence-corrected chi connectivity index (χ4v) is 2.12. The van der Waals surface area contributed by atoms with Gasteiger partial charge >= 0.3 is 0 Å². The average molecular weight is 334 g/mol. The van der Waals surface area contributed by atoms with Crippen LogP contribution in [0.15, 0.2) is 18.2 Å². The van der Waals surface area contributed by atoms with E-state index in [0.29, 0.717) is 6.54 Å². The fraction of sp³-hybridized carbons (Fsp3) is 0.500. The highest BCUT2D eigenvalue weighted by Crippen LogP contribution is 2.11. The SMILES string of the molecule is O=C(Cc1cccc(F)c1F)NCCCCCCBr. The van der Waals surface area contributed by atoms with Gasteiger partial charge in [0.2, 0.25) is 5.91 Å². The van der Waals surface area contributed by atoms with Gasteiger partial charge in [-0.25, -0.2) is 8.78 Å². The third kappa shape index (κ3) is 6.14. The summed E-state index contributed by atoms with van der Waals surface area (Å²) in [5, 5.41) is 3.71. The summed E-state index contributed by atoms with van der Waals surface area (Å²) in [5.41, 5.74) is 0.0942. The van der Waals surface area contributed by atoms with Crippen LogP contribution in [0.25, 0.3) is 0 Å². The van der Waals surface area contributed by atoms with E-state index in [4.69, 9.17) is 0 Å². The first-order valence-corrected chi connectivity index (χ1v) is 7.53. The van der Waals surface area contributed by atoms with Gasteiger partial charge < -0.3 is 5.32 Å². The molecule has 5 heteroatoms. The molecule has 0 saturated heterocycles. The summed E-state index contributed by atoms with van der Waals surface area (Å²) in [7, 11) is 0. The number of hydrogen-bond acceptors (Lipinski definition) is 1. The number of rotatable bonds is 8. The molecule has 0 fully saturated rings. The van der Waals surface area contributed by atoms with Crippen molar-refractivity contribution in [3.8, 4) is 0 Å². The molecule has 0 aromatic heterocycles. The van der Waals surface area contributed by atoms with Gasteiger partial charge in [-0.1, -0.05) is 40.9 Å². The lowest BCUT2D eigenvalue weighted by atomic mass is 10.1. The summed E-state index contributed by atoms with van der Waals surface area (Å²) < 4.78 is 26.3. The molecule has 2 nitrogen and oxygen atoms in total. The van der Waals surface area contributed by atoms with Gasteiger partial charge in [0.15, 0.2) is 11.6 Å². The van der Waals surface area contributed by atoms with Crippen LogP contribution in [0.2, 0.25) is 0 Å². The van der Waals surface area contributed by atoms with Gasteiger partial charge in [0.1, 0.15) is 0 Å². The number of alkyl halides is 1. The third-order valence-corrected chi connectivity index (χ3v) is 3.33. The minimum Gasteiger partial charge on any atom is -0.356 e. The molecule has 0 aliphatic rings. The highest BCUT2D eigenvalue weighted by molar-refractivity contribution is 9.09. The zero-order valence-corrected chi connectivity index (χ0v) is 12.3. The Hall–Kier alpha value is -0.970. The molecule has 1 N–H and O–H groups in total. The van der Waals surface area contributed by atoms with Crippen LogP contribution in [0.1, 0.15) is 31.2 Å². The van der Waals surface area contributed by atoms with E-state index in [0.717, 1.165) is 37.1 Å². The standard InChI is InChI=1S/C14H18BrF2NO/c15-8-3-1-2-4-9-18-13(19)10-11-6-5-7-12(16)14(11)17/h5-7H,1-4,8-10H2,(H,18,19). The number of carbonyl (C=O) groups excluding carboxylic acids is 1. The molecule has 0 aliphatic heterocycles. The van der Waals surface area contributed by atoms with Gasteiger partial charge in [-0.3, -0.25) is 4.79 Å². The van der Waals surface area contributed by atoms with Gasteiger partial charge in [-0.2, -0.15) is 0 Å². The topological polar surface area (TPSA) is 29.1 Å². The van der Waals surface area contributed by atoms with E-state index in [-0.39, 0.29) is 17.9 Å². The van der Waals surface area contributed by atoms with Crippen molar-refractivity contribution in [2.24, 2.45) is 0 Å². The van der Waals surface area contributed by atoms with Crippen LogP contribution in [0.4, 0.5) is 8.78 Å². The Bertz CT molecular complexity index is 412. The molecule has 0 heterocycles. The van der Waals surface area contributed by atoms with Crippen molar-refractivity contribution in [3.05, 3.63) is 35.4 Å². The highest BCUT2D eigenvalue weighted by atomic mass is 79.9. The number of hydrogen-bond donors (Lipinski definition) is 1. The molecule has 0 saturated carbocycles. The minimum atomic E-state index is -0.935. The second-order valence-electron chi connectivity index (χ2n) is 4.34. The average Bonchev–Trinajstić information content (AvgIpc) is 2.39.